The van der Waals surface area contributed by atoms with Crippen molar-refractivity contribution in [3.8, 4) is 0 Å². The van der Waals surface area contributed by atoms with E-state index in [0.717, 1.165) is 5.76 Å². The van der Waals surface area contributed by atoms with Crippen molar-refractivity contribution in [2.45, 2.75) is 6.92 Å². The lowest BCUT2D eigenvalue weighted by atomic mass is 10.5. The van der Waals surface area contributed by atoms with Crippen molar-refractivity contribution in [3.05, 3.63) is 17.9 Å². The van der Waals surface area contributed by atoms with Crippen LogP contribution in [0, 0.1) is 6.92 Å². The summed E-state index contributed by atoms with van der Waals surface area (Å²) < 4.78 is 14.9. The van der Waals surface area contributed by atoms with Crippen molar-refractivity contribution in [2.75, 3.05) is 0 Å². The van der Waals surface area contributed by atoms with Gasteiger partial charge in [-0.15, -0.1) is 0 Å². The van der Waals surface area contributed by atoms with Crippen molar-refractivity contribution < 1.29 is 8.98 Å². The highest BCUT2D eigenvalue weighted by Crippen LogP contribution is 2.00. The number of aryl methyl sites for hydroxylation is 1. The summed E-state index contributed by atoms with van der Waals surface area (Å²) in [6.07, 6.45) is 0. The fraction of sp³-hybridized carbons (Fsp3) is 0.200. The molecular weight excluding hydrogens is 123 g/mol. The predicted molar refractivity (Wildman–Crippen MR) is 30.7 cm³/mol. The average molecular weight is 128 g/mol. The van der Waals surface area contributed by atoms with Gasteiger partial charge in [0.15, 0.2) is 5.50 Å². The van der Waals surface area contributed by atoms with E-state index in [9.17, 15) is 4.57 Å². The van der Waals surface area contributed by atoms with E-state index in [4.69, 9.17) is 4.42 Å². The normalized spacial score (nSPS) is 10.1. The van der Waals surface area contributed by atoms with Crippen LogP contribution in [0.25, 0.3) is 0 Å². The van der Waals surface area contributed by atoms with Gasteiger partial charge in [-0.25, -0.2) is 0 Å². The Kier molecular flexibility index (Phi) is 1.45. The third-order valence-corrected chi connectivity index (χ3v) is 1.24. The second-order valence-corrected chi connectivity index (χ2v) is 2.10. The second-order valence-electron chi connectivity index (χ2n) is 1.48. The van der Waals surface area contributed by atoms with Gasteiger partial charge < -0.3 is 4.42 Å². The standard InChI is InChI=1S/C5H5O2P/c1-4-2-3-5(7-4)8-6/h2-3H,1H3. The molecule has 1 aromatic heterocycles. The Hall–Kier alpha value is -0.620. The van der Waals surface area contributed by atoms with Gasteiger partial charge in [-0.1, -0.05) is 0 Å². The number of hydrogen-bond acceptors (Lipinski definition) is 2. The van der Waals surface area contributed by atoms with Crippen molar-refractivity contribution in [2.24, 2.45) is 0 Å². The molecular formula is C5H5O2P. The Morgan fingerprint density at radius 2 is 2.38 bits per heavy atom. The lowest BCUT2D eigenvalue weighted by molar-refractivity contribution is 0.554. The fourth-order valence-electron chi connectivity index (χ4n) is 0.471. The largest absolute Gasteiger partial charge is 0.454 e. The lowest BCUT2D eigenvalue weighted by Gasteiger charge is -1.74. The second kappa shape index (κ2) is 2.10. The minimum Gasteiger partial charge on any atom is -0.454 e. The maximum Gasteiger partial charge on any atom is 0.231 e. The third-order valence-electron chi connectivity index (χ3n) is 0.816. The zero-order valence-electron chi connectivity index (χ0n) is 4.42. The van der Waals surface area contributed by atoms with E-state index in [2.05, 4.69) is 0 Å². The van der Waals surface area contributed by atoms with Gasteiger partial charge in [-0.05, 0) is 19.1 Å². The first-order valence-electron chi connectivity index (χ1n) is 2.23. The molecule has 0 bridgehead atoms. The summed E-state index contributed by atoms with van der Waals surface area (Å²) in [5, 5.41) is 0. The molecule has 42 valence electrons. The van der Waals surface area contributed by atoms with E-state index in [1.54, 1.807) is 12.1 Å². The molecule has 3 heteroatoms. The molecule has 0 spiro atoms. The summed E-state index contributed by atoms with van der Waals surface area (Å²) in [5.41, 5.74) is 0.488. The average Bonchev–Trinajstić information content (AvgIpc) is 2.14. The van der Waals surface area contributed by atoms with Gasteiger partial charge in [-0.3, -0.25) is 4.57 Å². The van der Waals surface area contributed by atoms with Crippen LogP contribution in [0.1, 0.15) is 5.76 Å². The van der Waals surface area contributed by atoms with E-state index in [1.807, 2.05) is 6.92 Å². The van der Waals surface area contributed by atoms with E-state index in [1.165, 1.54) is 0 Å². The van der Waals surface area contributed by atoms with E-state index >= 15 is 0 Å². The molecule has 1 heterocycles. The third kappa shape index (κ3) is 0.958. The number of furan rings is 1. The number of rotatable bonds is 1. The molecule has 0 saturated heterocycles. The topological polar surface area (TPSA) is 30.2 Å². The van der Waals surface area contributed by atoms with Gasteiger partial charge in [0.25, 0.3) is 0 Å². The van der Waals surface area contributed by atoms with Crippen LogP contribution < -0.4 is 5.50 Å². The molecule has 0 fully saturated rings. The molecule has 0 saturated carbocycles. The van der Waals surface area contributed by atoms with Gasteiger partial charge in [0, 0.05) is 0 Å². The molecule has 0 radical (unpaired) electrons. The summed E-state index contributed by atoms with van der Waals surface area (Å²) in [4.78, 5) is 0. The smallest absolute Gasteiger partial charge is 0.231 e. The van der Waals surface area contributed by atoms with Crippen molar-refractivity contribution >= 4 is 14.0 Å². The Balaban J connectivity index is 3.00. The Morgan fingerprint density at radius 3 is 2.62 bits per heavy atom. The summed E-state index contributed by atoms with van der Waals surface area (Å²) >= 11 is 0. The molecule has 1 rings (SSSR count). The molecule has 0 N–H and O–H groups in total. The highest BCUT2D eigenvalue weighted by Gasteiger charge is 1.93. The van der Waals surface area contributed by atoms with Crippen LogP contribution in [0.15, 0.2) is 16.5 Å². The van der Waals surface area contributed by atoms with Crippen LogP contribution in [0.2, 0.25) is 0 Å². The summed E-state index contributed by atoms with van der Waals surface area (Å²) in [6, 6.07) is 3.46. The molecule has 0 atom stereocenters. The molecule has 8 heavy (non-hydrogen) atoms. The minimum atomic E-state index is -0.0464. The van der Waals surface area contributed by atoms with Crippen LogP contribution in [-0.2, 0) is 4.57 Å². The zero-order valence-corrected chi connectivity index (χ0v) is 5.31. The number of hydrogen-bond donors (Lipinski definition) is 0. The van der Waals surface area contributed by atoms with Crippen LogP contribution in [0.3, 0.4) is 0 Å². The molecule has 1 aromatic rings. The molecule has 0 aromatic carbocycles. The predicted octanol–water partition coefficient (Wildman–Crippen LogP) is 1.51. The monoisotopic (exact) mass is 128 g/mol. The first-order valence-corrected chi connectivity index (χ1v) is 3.04. The molecule has 2 nitrogen and oxygen atoms in total. The van der Waals surface area contributed by atoms with Gasteiger partial charge >= 0.3 is 0 Å². The zero-order chi connectivity index (χ0) is 5.98. The first kappa shape index (κ1) is 5.52. The van der Waals surface area contributed by atoms with Crippen molar-refractivity contribution in [3.63, 3.8) is 0 Å². The molecule has 0 amide bonds. The fourth-order valence-corrected chi connectivity index (χ4v) is 0.787. The molecule has 0 aliphatic heterocycles. The van der Waals surface area contributed by atoms with Gasteiger partial charge in [0.05, 0.1) is 0 Å². The maximum atomic E-state index is 10.0. The van der Waals surface area contributed by atoms with Crippen LogP contribution in [-0.4, -0.2) is 0 Å². The Morgan fingerprint density at radius 1 is 1.62 bits per heavy atom. The highest BCUT2D eigenvalue weighted by atomic mass is 31.1. The Bertz CT molecular complexity index is 192. The van der Waals surface area contributed by atoms with E-state index in [0.29, 0.717) is 5.50 Å². The minimum absolute atomic E-state index is 0.0464. The summed E-state index contributed by atoms with van der Waals surface area (Å²) in [6.45, 7) is 1.81. The highest BCUT2D eigenvalue weighted by molar-refractivity contribution is 7.33. The van der Waals surface area contributed by atoms with E-state index in [-0.39, 0.29) is 8.46 Å². The van der Waals surface area contributed by atoms with Gasteiger partial charge in [-0.2, -0.15) is 0 Å². The molecule has 0 aliphatic carbocycles. The molecule has 0 aliphatic rings. The van der Waals surface area contributed by atoms with Crippen LogP contribution >= 0.6 is 8.46 Å². The maximum absolute atomic E-state index is 10.0. The quantitative estimate of drug-likeness (QED) is 0.536. The van der Waals surface area contributed by atoms with Crippen molar-refractivity contribution in [1.82, 2.24) is 0 Å². The van der Waals surface area contributed by atoms with E-state index < -0.39 is 0 Å². The summed E-state index contributed by atoms with van der Waals surface area (Å²) in [5.74, 6) is 0.795. The summed E-state index contributed by atoms with van der Waals surface area (Å²) in [7, 11) is -0.0464. The van der Waals surface area contributed by atoms with Crippen LogP contribution in [0.4, 0.5) is 0 Å². The lowest BCUT2D eigenvalue weighted by Crippen LogP contribution is -1.78. The SMILES string of the molecule is Cc1ccc(P=O)o1. The van der Waals surface area contributed by atoms with Crippen molar-refractivity contribution in [1.29, 1.82) is 0 Å². The first-order chi connectivity index (χ1) is 3.83. The van der Waals surface area contributed by atoms with Gasteiger partial charge in [0.1, 0.15) is 5.76 Å². The Labute approximate surface area is 48.7 Å². The molecule has 0 unspecified atom stereocenters. The van der Waals surface area contributed by atoms with Gasteiger partial charge in [0.2, 0.25) is 8.46 Å². The van der Waals surface area contributed by atoms with Crippen LogP contribution in [0.5, 0.6) is 0 Å².